The summed E-state index contributed by atoms with van der Waals surface area (Å²) in [7, 11) is 3.27. The lowest BCUT2D eigenvalue weighted by molar-refractivity contribution is -0.137. The van der Waals surface area contributed by atoms with E-state index in [0.29, 0.717) is 22.7 Å². The van der Waals surface area contributed by atoms with Gasteiger partial charge in [0.25, 0.3) is 0 Å². The average molecular weight is 427 g/mol. The molecule has 0 N–H and O–H groups in total. The van der Waals surface area contributed by atoms with Crippen LogP contribution < -0.4 is 4.74 Å². The van der Waals surface area contributed by atoms with Crippen LogP contribution in [0.5, 0.6) is 5.75 Å². The van der Waals surface area contributed by atoms with Crippen LogP contribution >= 0.6 is 0 Å². The van der Waals surface area contributed by atoms with E-state index < -0.39 is 11.7 Å². The lowest BCUT2D eigenvalue weighted by Crippen LogP contribution is -2.05. The number of hydrogen-bond acceptors (Lipinski definition) is 4. The number of hydrogen-bond donors (Lipinski definition) is 0. The number of aryl methyl sites for hydroxylation is 3. The molecule has 0 bridgehead atoms. The molecule has 0 saturated carbocycles. The van der Waals surface area contributed by atoms with E-state index in [1.54, 1.807) is 32.1 Å². The molecule has 2 aromatic carbocycles. The number of benzene rings is 2. The van der Waals surface area contributed by atoms with E-state index in [2.05, 4.69) is 15.1 Å². The molecular weight excluding hydrogens is 407 g/mol. The summed E-state index contributed by atoms with van der Waals surface area (Å²) >= 11 is 0. The Hall–Kier alpha value is -3.62. The van der Waals surface area contributed by atoms with E-state index in [4.69, 9.17) is 4.74 Å². The molecular formula is C22H20F3N5O. The highest BCUT2D eigenvalue weighted by atomic mass is 19.4. The van der Waals surface area contributed by atoms with Gasteiger partial charge in [-0.3, -0.25) is 0 Å². The van der Waals surface area contributed by atoms with Crippen molar-refractivity contribution in [1.29, 1.82) is 0 Å². The molecule has 0 fully saturated rings. The number of alkyl halides is 3. The van der Waals surface area contributed by atoms with Gasteiger partial charge in [-0.05, 0) is 49.7 Å². The van der Waals surface area contributed by atoms with Gasteiger partial charge in [-0.15, -0.1) is 0 Å². The number of halogens is 3. The second kappa shape index (κ2) is 7.57. The topological polar surface area (TPSA) is 57.8 Å². The summed E-state index contributed by atoms with van der Waals surface area (Å²) in [5.74, 6) is 1.35. The van der Waals surface area contributed by atoms with Crippen molar-refractivity contribution in [2.75, 3.05) is 7.11 Å². The van der Waals surface area contributed by atoms with Gasteiger partial charge in [0.2, 0.25) is 0 Å². The van der Waals surface area contributed by atoms with Crippen molar-refractivity contribution in [2.45, 2.75) is 20.0 Å². The van der Waals surface area contributed by atoms with Gasteiger partial charge in [0.1, 0.15) is 5.75 Å². The first kappa shape index (κ1) is 20.6. The Morgan fingerprint density at radius 1 is 1.03 bits per heavy atom. The largest absolute Gasteiger partial charge is 0.495 e. The Balaban J connectivity index is 1.77. The second-order valence-corrected chi connectivity index (χ2v) is 7.22. The highest BCUT2D eigenvalue weighted by molar-refractivity contribution is 5.67. The number of rotatable bonds is 4. The predicted molar refractivity (Wildman–Crippen MR) is 110 cm³/mol. The fourth-order valence-electron chi connectivity index (χ4n) is 3.37. The van der Waals surface area contributed by atoms with Crippen molar-refractivity contribution < 1.29 is 17.9 Å². The summed E-state index contributed by atoms with van der Waals surface area (Å²) in [6.07, 6.45) is -0.854. The maximum Gasteiger partial charge on any atom is 0.416 e. The van der Waals surface area contributed by atoms with Crippen LogP contribution in [0, 0.1) is 13.8 Å². The SMILES string of the molecule is COc1cc(-c2nc(-c3cc(C(F)(F)F)ccc3C)nn2C)ccc1-n1cnc(C)c1. The van der Waals surface area contributed by atoms with Gasteiger partial charge >= 0.3 is 6.18 Å². The van der Waals surface area contributed by atoms with E-state index in [0.717, 1.165) is 29.1 Å². The molecule has 0 unspecified atom stereocenters. The number of nitrogens with zero attached hydrogens (tertiary/aromatic N) is 5. The molecule has 31 heavy (non-hydrogen) atoms. The van der Waals surface area contributed by atoms with Crippen LogP contribution in [0.15, 0.2) is 48.9 Å². The van der Waals surface area contributed by atoms with Crippen LogP contribution in [0.1, 0.15) is 16.8 Å². The molecule has 2 heterocycles. The second-order valence-electron chi connectivity index (χ2n) is 7.22. The molecule has 0 aliphatic heterocycles. The molecule has 0 saturated heterocycles. The Morgan fingerprint density at radius 2 is 1.81 bits per heavy atom. The monoisotopic (exact) mass is 427 g/mol. The van der Waals surface area contributed by atoms with Crippen LogP contribution in [0.25, 0.3) is 28.5 Å². The normalized spacial score (nSPS) is 11.7. The maximum atomic E-state index is 13.2. The summed E-state index contributed by atoms with van der Waals surface area (Å²) < 4.78 is 48.4. The first-order valence-corrected chi connectivity index (χ1v) is 9.46. The molecule has 4 rings (SSSR count). The fraction of sp³-hybridized carbons (Fsp3) is 0.227. The molecule has 0 amide bonds. The predicted octanol–water partition coefficient (Wildman–Crippen LogP) is 4.98. The molecule has 0 spiro atoms. The van der Waals surface area contributed by atoms with Crippen LogP contribution in [0.4, 0.5) is 13.2 Å². The average Bonchev–Trinajstić information content (AvgIpc) is 3.32. The summed E-state index contributed by atoms with van der Waals surface area (Å²) in [5, 5.41) is 4.36. The Kier molecular flexibility index (Phi) is 5.04. The zero-order chi connectivity index (χ0) is 22.3. The van der Waals surface area contributed by atoms with Gasteiger partial charge in [0, 0.05) is 24.4 Å². The minimum atomic E-state index is -4.44. The zero-order valence-electron chi connectivity index (χ0n) is 17.4. The standard InChI is InChI=1S/C22H20F3N5O/c1-13-5-7-16(22(23,24)25)10-17(13)20-27-21(29(3)28-20)15-6-8-18(19(9-15)31-4)30-11-14(2)26-12-30/h5-12H,1-4H3. The number of imidazole rings is 1. The summed E-state index contributed by atoms with van der Waals surface area (Å²) in [6, 6.07) is 9.12. The third kappa shape index (κ3) is 3.90. The van der Waals surface area contributed by atoms with Crippen molar-refractivity contribution in [3.63, 3.8) is 0 Å². The van der Waals surface area contributed by atoms with Gasteiger partial charge in [0.15, 0.2) is 11.6 Å². The highest BCUT2D eigenvalue weighted by Gasteiger charge is 2.31. The van der Waals surface area contributed by atoms with E-state index in [9.17, 15) is 13.2 Å². The maximum absolute atomic E-state index is 13.2. The molecule has 6 nitrogen and oxygen atoms in total. The minimum absolute atomic E-state index is 0.231. The highest BCUT2D eigenvalue weighted by Crippen LogP contribution is 2.34. The lowest BCUT2D eigenvalue weighted by Gasteiger charge is -2.11. The Bertz CT molecular complexity index is 1260. The van der Waals surface area contributed by atoms with Crippen LogP contribution in [0.3, 0.4) is 0 Å². The van der Waals surface area contributed by atoms with Crippen LogP contribution in [-0.4, -0.2) is 31.4 Å². The van der Waals surface area contributed by atoms with Gasteiger partial charge in [-0.25, -0.2) is 14.6 Å². The third-order valence-corrected chi connectivity index (χ3v) is 5.00. The smallest absolute Gasteiger partial charge is 0.416 e. The first-order chi connectivity index (χ1) is 14.7. The summed E-state index contributed by atoms with van der Waals surface area (Å²) in [5.41, 5.74) is 2.68. The van der Waals surface area contributed by atoms with Gasteiger partial charge < -0.3 is 9.30 Å². The first-order valence-electron chi connectivity index (χ1n) is 9.46. The molecule has 4 aromatic rings. The number of ether oxygens (including phenoxy) is 1. The van der Waals surface area contributed by atoms with Gasteiger partial charge in [-0.2, -0.15) is 18.3 Å². The molecule has 0 atom stereocenters. The molecule has 0 aliphatic rings. The number of methoxy groups -OCH3 is 1. The lowest BCUT2D eigenvalue weighted by atomic mass is 10.0. The van der Waals surface area contributed by atoms with Crippen molar-refractivity contribution in [2.24, 2.45) is 7.05 Å². The van der Waals surface area contributed by atoms with Crippen LogP contribution in [-0.2, 0) is 13.2 Å². The Labute approximate surface area is 177 Å². The molecule has 2 aromatic heterocycles. The van der Waals surface area contributed by atoms with Gasteiger partial charge in [0.05, 0.1) is 30.4 Å². The molecule has 0 aliphatic carbocycles. The van der Waals surface area contributed by atoms with Crippen molar-refractivity contribution in [3.05, 3.63) is 65.7 Å². The van der Waals surface area contributed by atoms with Crippen LogP contribution in [0.2, 0.25) is 0 Å². The van der Waals surface area contributed by atoms with Crippen molar-refractivity contribution >= 4 is 0 Å². The van der Waals surface area contributed by atoms with E-state index in [-0.39, 0.29) is 5.82 Å². The molecule has 160 valence electrons. The van der Waals surface area contributed by atoms with Crippen molar-refractivity contribution in [3.8, 4) is 34.2 Å². The fourth-order valence-corrected chi connectivity index (χ4v) is 3.37. The van der Waals surface area contributed by atoms with E-state index in [1.165, 1.54) is 6.07 Å². The van der Waals surface area contributed by atoms with E-state index in [1.807, 2.05) is 35.9 Å². The molecule has 0 radical (unpaired) electrons. The summed E-state index contributed by atoms with van der Waals surface area (Å²) in [4.78, 5) is 8.76. The van der Waals surface area contributed by atoms with Crippen molar-refractivity contribution in [1.82, 2.24) is 24.3 Å². The van der Waals surface area contributed by atoms with Gasteiger partial charge in [-0.1, -0.05) is 6.07 Å². The minimum Gasteiger partial charge on any atom is -0.495 e. The third-order valence-electron chi connectivity index (χ3n) is 5.00. The van der Waals surface area contributed by atoms with E-state index >= 15 is 0 Å². The number of aromatic nitrogens is 5. The zero-order valence-corrected chi connectivity index (χ0v) is 17.4. The quantitative estimate of drug-likeness (QED) is 0.461. The molecule has 9 heteroatoms. The Morgan fingerprint density at radius 3 is 2.45 bits per heavy atom. The summed E-state index contributed by atoms with van der Waals surface area (Å²) in [6.45, 7) is 3.63.